The molecule has 122 valence electrons. The monoisotopic (exact) mass is 390 g/mol. The predicted molar refractivity (Wildman–Crippen MR) is 82.3 cm³/mol. The number of hydrogen-bond acceptors (Lipinski definition) is 5. The molecule has 1 aromatic rings. The Labute approximate surface area is 166 Å². The van der Waals surface area contributed by atoms with Crippen LogP contribution in [-0.2, 0) is 19.7 Å². The molecule has 0 unspecified atom stereocenters. The summed E-state index contributed by atoms with van der Waals surface area (Å²) < 4.78 is 33.6. The smallest absolute Gasteiger partial charge is 0.744 e. The van der Waals surface area contributed by atoms with Gasteiger partial charge in [0.25, 0.3) is 0 Å². The van der Waals surface area contributed by atoms with Gasteiger partial charge in [0.05, 0.1) is 10.6 Å². The van der Waals surface area contributed by atoms with Crippen LogP contribution >= 0.6 is 23.2 Å². The van der Waals surface area contributed by atoms with E-state index in [1.807, 2.05) is 0 Å². The molecule has 0 spiro atoms. The molecule has 7 nitrogen and oxygen atoms in total. The van der Waals surface area contributed by atoms with E-state index in [2.05, 4.69) is 10.6 Å². The van der Waals surface area contributed by atoms with Crippen LogP contribution in [0.15, 0.2) is 23.1 Å². The van der Waals surface area contributed by atoms with Crippen molar-refractivity contribution in [2.75, 3.05) is 22.4 Å². The summed E-state index contributed by atoms with van der Waals surface area (Å²) in [6, 6.07) is 3.44. The van der Waals surface area contributed by atoms with Gasteiger partial charge in [0, 0.05) is 30.3 Å². The van der Waals surface area contributed by atoms with Crippen molar-refractivity contribution in [2.24, 2.45) is 0 Å². The van der Waals surface area contributed by atoms with Crippen molar-refractivity contribution < 1.29 is 52.1 Å². The third-order valence-electron chi connectivity index (χ3n) is 2.45. The Bertz CT molecular complexity index is 669. The van der Waals surface area contributed by atoms with E-state index in [-0.39, 0.29) is 71.4 Å². The summed E-state index contributed by atoms with van der Waals surface area (Å²) in [5.41, 5.74) is 0.0116. The number of rotatable bonds is 7. The van der Waals surface area contributed by atoms with Gasteiger partial charge in [0.15, 0.2) is 0 Å². The van der Waals surface area contributed by atoms with E-state index >= 15 is 0 Å². The van der Waals surface area contributed by atoms with Crippen LogP contribution in [0, 0.1) is 0 Å². The predicted octanol–water partition coefficient (Wildman–Crippen LogP) is -1.27. The number of carbonyl (C=O) groups is 2. The van der Waals surface area contributed by atoms with Crippen molar-refractivity contribution in [3.05, 3.63) is 18.2 Å². The number of halogens is 2. The standard InChI is InChI=1S/C12H14Cl2N2O5S.Na/c13-5-3-11(17)15-8-1-2-10(22(19,20)21)9(7-8)16-12(18)4-6-14;/h1-2,7H,3-6H2,(H,15,17)(H,16,18)(H,19,20,21);/q;+1/p-1. The van der Waals surface area contributed by atoms with Crippen molar-refractivity contribution >= 4 is 56.5 Å². The molecule has 0 aliphatic carbocycles. The Balaban J connectivity index is 0.00000484. The number of hydrogen-bond donors (Lipinski definition) is 2. The molecule has 11 heteroatoms. The molecule has 1 aromatic carbocycles. The summed E-state index contributed by atoms with van der Waals surface area (Å²) in [4.78, 5) is 22.4. The first-order chi connectivity index (χ1) is 10.3. The van der Waals surface area contributed by atoms with Crippen LogP contribution in [0.2, 0.25) is 0 Å². The van der Waals surface area contributed by atoms with Crippen LogP contribution in [0.4, 0.5) is 11.4 Å². The largest absolute Gasteiger partial charge is 1.00 e. The number of amides is 2. The van der Waals surface area contributed by atoms with E-state index in [9.17, 15) is 22.6 Å². The second-order valence-corrected chi connectivity index (χ2v) is 6.24. The maximum Gasteiger partial charge on any atom is 1.00 e. The first-order valence-electron chi connectivity index (χ1n) is 6.09. The molecule has 1 rings (SSSR count). The zero-order chi connectivity index (χ0) is 16.8. The van der Waals surface area contributed by atoms with Gasteiger partial charge in [-0.3, -0.25) is 9.59 Å². The van der Waals surface area contributed by atoms with E-state index in [1.54, 1.807) is 0 Å². The first kappa shape index (κ1) is 22.6. The average Bonchev–Trinajstić information content (AvgIpc) is 2.37. The Morgan fingerprint density at radius 1 is 1.04 bits per heavy atom. The quantitative estimate of drug-likeness (QED) is 0.342. The van der Waals surface area contributed by atoms with Gasteiger partial charge < -0.3 is 15.2 Å². The van der Waals surface area contributed by atoms with Crippen molar-refractivity contribution in [1.29, 1.82) is 0 Å². The van der Waals surface area contributed by atoms with Crippen LogP contribution < -0.4 is 40.2 Å². The van der Waals surface area contributed by atoms with Crippen LogP contribution in [0.5, 0.6) is 0 Å². The number of carbonyl (C=O) groups excluding carboxylic acids is 2. The van der Waals surface area contributed by atoms with E-state index in [0.29, 0.717) is 0 Å². The molecule has 0 aliphatic heterocycles. The fourth-order valence-corrected chi connectivity index (χ4v) is 2.49. The molecule has 2 N–H and O–H groups in total. The molecular weight excluding hydrogens is 378 g/mol. The minimum Gasteiger partial charge on any atom is -0.744 e. The number of benzene rings is 1. The van der Waals surface area contributed by atoms with Crippen molar-refractivity contribution in [1.82, 2.24) is 0 Å². The summed E-state index contributed by atoms with van der Waals surface area (Å²) in [6.07, 6.45) is 0.0137. The van der Waals surface area contributed by atoms with Gasteiger partial charge >= 0.3 is 29.6 Å². The molecule has 23 heavy (non-hydrogen) atoms. The molecule has 0 heterocycles. The third-order valence-corrected chi connectivity index (χ3v) is 3.72. The van der Waals surface area contributed by atoms with Crippen molar-refractivity contribution in [3.8, 4) is 0 Å². The second kappa shape index (κ2) is 10.5. The topological polar surface area (TPSA) is 115 Å². The SMILES string of the molecule is O=C(CCCl)Nc1ccc(S(=O)(=O)[O-])c(NC(=O)CCCl)c1.[Na+]. The molecule has 2 amide bonds. The van der Waals surface area contributed by atoms with E-state index in [4.69, 9.17) is 23.2 Å². The van der Waals surface area contributed by atoms with E-state index in [0.717, 1.165) is 6.07 Å². The van der Waals surface area contributed by atoms with Gasteiger partial charge in [-0.1, -0.05) is 0 Å². The number of nitrogens with one attached hydrogen (secondary N) is 2. The van der Waals surface area contributed by atoms with Gasteiger partial charge in [-0.25, -0.2) is 8.42 Å². The van der Waals surface area contributed by atoms with Gasteiger partial charge in [0.2, 0.25) is 11.8 Å². The van der Waals surface area contributed by atoms with Gasteiger partial charge in [0.1, 0.15) is 10.1 Å². The normalized spacial score (nSPS) is 10.6. The molecule has 0 aromatic heterocycles. The van der Waals surface area contributed by atoms with Crippen molar-refractivity contribution in [3.63, 3.8) is 0 Å². The zero-order valence-electron chi connectivity index (χ0n) is 12.3. The molecule has 0 atom stereocenters. The molecule has 0 saturated heterocycles. The van der Waals surface area contributed by atoms with Gasteiger partial charge in [-0.05, 0) is 18.2 Å². The zero-order valence-corrected chi connectivity index (χ0v) is 16.6. The van der Waals surface area contributed by atoms with Crippen molar-refractivity contribution in [2.45, 2.75) is 17.7 Å². The fraction of sp³-hybridized carbons (Fsp3) is 0.333. The number of anilines is 2. The van der Waals surface area contributed by atoms with Crippen LogP contribution in [0.3, 0.4) is 0 Å². The van der Waals surface area contributed by atoms with E-state index in [1.165, 1.54) is 12.1 Å². The average molecular weight is 391 g/mol. The van der Waals surface area contributed by atoms with Gasteiger partial charge in [-0.15, -0.1) is 23.2 Å². The summed E-state index contributed by atoms with van der Waals surface area (Å²) in [7, 11) is -4.78. The Hall–Kier alpha value is -0.350. The molecular formula is C12H13Cl2N2NaO5S. The minimum atomic E-state index is -4.78. The summed E-state index contributed by atoms with van der Waals surface area (Å²) in [5, 5.41) is 4.75. The summed E-state index contributed by atoms with van der Waals surface area (Å²) >= 11 is 10.8. The molecule has 0 saturated carbocycles. The maximum atomic E-state index is 11.5. The fourth-order valence-electron chi connectivity index (χ4n) is 1.53. The minimum absolute atomic E-state index is 0. The molecule has 0 fully saturated rings. The Kier molecular flexibility index (Phi) is 10.3. The first-order valence-corrected chi connectivity index (χ1v) is 8.57. The van der Waals surface area contributed by atoms with Gasteiger partial charge in [-0.2, -0.15) is 0 Å². The second-order valence-electron chi connectivity index (χ2n) is 4.14. The summed E-state index contributed by atoms with van der Waals surface area (Å²) in [5.74, 6) is -0.773. The number of alkyl halides is 2. The Morgan fingerprint density at radius 3 is 2.04 bits per heavy atom. The molecule has 0 aliphatic rings. The summed E-state index contributed by atoms with van der Waals surface area (Å²) in [6.45, 7) is 0. The van der Waals surface area contributed by atoms with E-state index < -0.39 is 20.9 Å². The Morgan fingerprint density at radius 2 is 1.57 bits per heavy atom. The maximum absolute atomic E-state index is 11.5. The molecule has 0 radical (unpaired) electrons. The van der Waals surface area contributed by atoms with Crippen LogP contribution in [0.25, 0.3) is 0 Å². The third kappa shape index (κ3) is 7.84. The van der Waals surface area contributed by atoms with Crippen LogP contribution in [-0.4, -0.2) is 36.5 Å². The van der Waals surface area contributed by atoms with Crippen LogP contribution in [0.1, 0.15) is 12.8 Å². The molecule has 0 bridgehead atoms.